The quantitative estimate of drug-likeness (QED) is 0.788. The molecule has 2 aliphatic rings. The largest absolute Gasteiger partial charge is 0.332 e. The summed E-state index contributed by atoms with van der Waals surface area (Å²) in [6.07, 6.45) is 1.80. The lowest BCUT2D eigenvalue weighted by Gasteiger charge is -2.30. The van der Waals surface area contributed by atoms with Gasteiger partial charge in [0.15, 0.2) is 0 Å². The van der Waals surface area contributed by atoms with Crippen molar-refractivity contribution in [2.75, 3.05) is 22.9 Å². The number of fused-ring (bicyclic) bond motifs is 1. The number of amides is 4. The van der Waals surface area contributed by atoms with Crippen LogP contribution in [0.3, 0.4) is 0 Å². The molecule has 0 saturated carbocycles. The number of urea groups is 1. The molecule has 2 heterocycles. The van der Waals surface area contributed by atoms with E-state index in [1.807, 2.05) is 42.5 Å². The lowest BCUT2D eigenvalue weighted by Crippen LogP contribution is -2.45. The Morgan fingerprint density at radius 2 is 1.74 bits per heavy atom. The Balaban J connectivity index is 1.55. The van der Waals surface area contributed by atoms with Crippen molar-refractivity contribution in [1.82, 2.24) is 4.90 Å². The molecule has 6 nitrogen and oxygen atoms in total. The van der Waals surface area contributed by atoms with E-state index in [4.69, 9.17) is 0 Å². The second kappa shape index (κ2) is 6.87. The normalized spacial score (nSPS) is 19.4. The number of para-hydroxylation sites is 2. The van der Waals surface area contributed by atoms with Gasteiger partial charge in [0.25, 0.3) is 5.91 Å². The van der Waals surface area contributed by atoms with Crippen molar-refractivity contribution in [3.8, 4) is 0 Å². The molecule has 1 saturated heterocycles. The minimum absolute atomic E-state index is 0.231. The van der Waals surface area contributed by atoms with Gasteiger partial charge < -0.3 is 4.90 Å². The van der Waals surface area contributed by atoms with E-state index >= 15 is 0 Å². The lowest BCUT2D eigenvalue weighted by atomic mass is 10.0. The van der Waals surface area contributed by atoms with Gasteiger partial charge in [0.1, 0.15) is 12.6 Å². The van der Waals surface area contributed by atoms with Crippen LogP contribution in [-0.2, 0) is 16.0 Å². The first-order valence-electron chi connectivity index (χ1n) is 9.16. The van der Waals surface area contributed by atoms with E-state index in [9.17, 15) is 14.4 Å². The molecule has 0 unspecified atom stereocenters. The maximum atomic E-state index is 12.9. The molecule has 4 rings (SSSR count). The van der Waals surface area contributed by atoms with Crippen molar-refractivity contribution in [2.24, 2.45) is 0 Å². The third kappa shape index (κ3) is 2.97. The van der Waals surface area contributed by atoms with Gasteiger partial charge in [-0.15, -0.1) is 0 Å². The molecule has 0 bridgehead atoms. The molecule has 6 heteroatoms. The van der Waals surface area contributed by atoms with E-state index in [1.165, 1.54) is 4.90 Å². The number of carbonyl (C=O) groups is 3. The van der Waals surface area contributed by atoms with Gasteiger partial charge in [-0.2, -0.15) is 0 Å². The third-order valence-electron chi connectivity index (χ3n) is 5.19. The van der Waals surface area contributed by atoms with Crippen LogP contribution in [0.2, 0.25) is 0 Å². The zero-order chi connectivity index (χ0) is 19.0. The number of imide groups is 1. The maximum absolute atomic E-state index is 12.9. The van der Waals surface area contributed by atoms with E-state index in [-0.39, 0.29) is 18.4 Å². The Kier molecular flexibility index (Phi) is 4.39. The summed E-state index contributed by atoms with van der Waals surface area (Å²) in [6.45, 7) is 2.05. The molecule has 27 heavy (non-hydrogen) atoms. The number of carbonyl (C=O) groups excluding carboxylic acids is 3. The topological polar surface area (TPSA) is 60.9 Å². The van der Waals surface area contributed by atoms with Crippen LogP contribution >= 0.6 is 0 Å². The Hall–Kier alpha value is -3.15. The van der Waals surface area contributed by atoms with Gasteiger partial charge >= 0.3 is 6.03 Å². The molecule has 0 spiro atoms. The van der Waals surface area contributed by atoms with Crippen LogP contribution in [-0.4, -0.2) is 41.9 Å². The Morgan fingerprint density at radius 3 is 2.52 bits per heavy atom. The molecule has 2 aromatic rings. The van der Waals surface area contributed by atoms with Crippen molar-refractivity contribution >= 4 is 29.2 Å². The summed E-state index contributed by atoms with van der Waals surface area (Å²) >= 11 is 0. The molecular formula is C21H21N3O3. The minimum Gasteiger partial charge on any atom is -0.311 e. The molecule has 0 radical (unpaired) electrons. The van der Waals surface area contributed by atoms with E-state index in [0.29, 0.717) is 12.2 Å². The smallest absolute Gasteiger partial charge is 0.311 e. The van der Waals surface area contributed by atoms with Gasteiger partial charge in [-0.05, 0) is 43.5 Å². The molecule has 1 atom stereocenters. The van der Waals surface area contributed by atoms with Crippen LogP contribution in [0.1, 0.15) is 18.9 Å². The summed E-state index contributed by atoms with van der Waals surface area (Å²) in [4.78, 5) is 42.6. The molecule has 0 N–H and O–H groups in total. The number of benzene rings is 2. The van der Waals surface area contributed by atoms with Crippen LogP contribution in [0.25, 0.3) is 0 Å². The molecule has 0 aliphatic carbocycles. The molecule has 2 aliphatic heterocycles. The average molecular weight is 363 g/mol. The van der Waals surface area contributed by atoms with Crippen molar-refractivity contribution < 1.29 is 14.4 Å². The van der Waals surface area contributed by atoms with Gasteiger partial charge in [-0.1, -0.05) is 36.4 Å². The van der Waals surface area contributed by atoms with Crippen molar-refractivity contribution in [2.45, 2.75) is 25.8 Å². The Morgan fingerprint density at radius 1 is 1.04 bits per heavy atom. The zero-order valence-electron chi connectivity index (χ0n) is 15.2. The minimum atomic E-state index is -0.624. The van der Waals surface area contributed by atoms with Crippen LogP contribution in [0, 0.1) is 0 Å². The Labute approximate surface area is 158 Å². The highest BCUT2D eigenvalue weighted by Crippen LogP contribution is 2.28. The summed E-state index contributed by atoms with van der Waals surface area (Å²) < 4.78 is 0. The van der Waals surface area contributed by atoms with Gasteiger partial charge in [0.2, 0.25) is 5.91 Å². The van der Waals surface area contributed by atoms with E-state index in [0.717, 1.165) is 29.0 Å². The second-order valence-electron chi connectivity index (χ2n) is 6.87. The first-order valence-corrected chi connectivity index (χ1v) is 9.16. The average Bonchev–Trinajstić information content (AvgIpc) is 2.91. The third-order valence-corrected chi connectivity index (χ3v) is 5.19. The summed E-state index contributed by atoms with van der Waals surface area (Å²) in [7, 11) is 0. The molecule has 1 fully saturated rings. The molecule has 4 amide bonds. The van der Waals surface area contributed by atoms with Crippen LogP contribution < -0.4 is 9.80 Å². The van der Waals surface area contributed by atoms with Gasteiger partial charge in [-0.25, -0.2) is 4.79 Å². The maximum Gasteiger partial charge on any atom is 0.332 e. The van der Waals surface area contributed by atoms with Crippen molar-refractivity contribution in [3.63, 3.8) is 0 Å². The molecule has 2 aromatic carbocycles. The highest BCUT2D eigenvalue weighted by atomic mass is 16.2. The summed E-state index contributed by atoms with van der Waals surface area (Å²) in [6, 6.07) is 15.8. The van der Waals surface area contributed by atoms with Crippen LogP contribution in [0.4, 0.5) is 16.2 Å². The van der Waals surface area contributed by atoms with Crippen LogP contribution in [0.5, 0.6) is 0 Å². The van der Waals surface area contributed by atoms with Gasteiger partial charge in [0.05, 0.1) is 0 Å². The van der Waals surface area contributed by atoms with Gasteiger partial charge in [0, 0.05) is 17.9 Å². The fourth-order valence-corrected chi connectivity index (χ4v) is 3.81. The van der Waals surface area contributed by atoms with E-state index in [1.54, 1.807) is 24.0 Å². The predicted molar refractivity (Wildman–Crippen MR) is 103 cm³/mol. The van der Waals surface area contributed by atoms with Gasteiger partial charge in [-0.3, -0.25) is 19.4 Å². The second-order valence-corrected chi connectivity index (χ2v) is 6.87. The Bertz CT molecular complexity index is 897. The number of anilines is 2. The number of rotatable bonds is 3. The highest BCUT2D eigenvalue weighted by Gasteiger charge is 2.44. The number of hydrogen-bond acceptors (Lipinski definition) is 3. The molecule has 138 valence electrons. The summed E-state index contributed by atoms with van der Waals surface area (Å²) in [5.74, 6) is -0.576. The predicted octanol–water partition coefficient (Wildman–Crippen LogP) is 2.82. The molecule has 0 aromatic heterocycles. The first kappa shape index (κ1) is 17.3. The van der Waals surface area contributed by atoms with Crippen LogP contribution in [0.15, 0.2) is 54.6 Å². The lowest BCUT2D eigenvalue weighted by molar-refractivity contribution is -0.131. The number of aryl methyl sites for hydroxylation is 1. The first-order chi connectivity index (χ1) is 13.1. The summed E-state index contributed by atoms with van der Waals surface area (Å²) in [5, 5.41) is 0. The molecular weight excluding hydrogens is 342 g/mol. The standard InChI is InChI=1S/C21H21N3O3/c1-15-20(26)23(21(27)24(15)17-10-3-2-4-11-17)14-19(25)22-13-7-9-16-8-5-6-12-18(16)22/h2-6,8,10-12,15H,7,9,13-14H2,1H3/t15-/m0/s1. The fraction of sp³-hybridized carbons (Fsp3) is 0.286. The number of hydrogen-bond donors (Lipinski definition) is 0. The van der Waals surface area contributed by atoms with Crippen molar-refractivity contribution in [3.05, 3.63) is 60.2 Å². The van der Waals surface area contributed by atoms with E-state index < -0.39 is 12.1 Å². The number of nitrogens with zero attached hydrogens (tertiary/aromatic N) is 3. The SMILES string of the molecule is C[C@H]1C(=O)N(CC(=O)N2CCCc3ccccc32)C(=O)N1c1ccccc1. The fourth-order valence-electron chi connectivity index (χ4n) is 3.81. The van der Waals surface area contributed by atoms with E-state index in [2.05, 4.69) is 0 Å². The summed E-state index contributed by atoms with van der Waals surface area (Å²) in [5.41, 5.74) is 2.65. The zero-order valence-corrected chi connectivity index (χ0v) is 15.2. The van der Waals surface area contributed by atoms with Crippen molar-refractivity contribution in [1.29, 1.82) is 0 Å². The highest BCUT2D eigenvalue weighted by molar-refractivity contribution is 6.16. The monoisotopic (exact) mass is 363 g/mol.